The minimum Gasteiger partial charge on any atom is -0.481 e. The lowest BCUT2D eigenvalue weighted by Gasteiger charge is -2.28. The number of ether oxygens (including phenoxy) is 1. The predicted octanol–water partition coefficient (Wildman–Crippen LogP) is 3.95. The van der Waals surface area contributed by atoms with Crippen molar-refractivity contribution in [2.24, 2.45) is 4.99 Å². The van der Waals surface area contributed by atoms with Gasteiger partial charge in [0.25, 0.3) is 0 Å². The van der Waals surface area contributed by atoms with Crippen molar-refractivity contribution >= 4 is 17.9 Å². The summed E-state index contributed by atoms with van der Waals surface area (Å²) < 4.78 is 44.6. The molecule has 2 heterocycles. The van der Waals surface area contributed by atoms with Crippen LogP contribution >= 0.6 is 0 Å². The van der Waals surface area contributed by atoms with E-state index in [4.69, 9.17) is 4.74 Å². The molecule has 7 nitrogen and oxygen atoms in total. The zero-order chi connectivity index (χ0) is 22.4. The number of carboxylic acid groups (broad SMARTS) is 1. The maximum atomic E-state index is 13.1. The number of carboxylic acids is 1. The number of carbonyl (C=O) groups excluding carboxylic acids is 1. The third-order valence-electron chi connectivity index (χ3n) is 5.44. The standard InChI is InChI=1S/C21H26F3N3O4/c22-21(23,24)16-6-4-5-15(13-16)17(14-19(28)29)27-11-10-26(20(27)30)9-3-1-2-7-18-25-8-12-31-18/h4-6,13,17H,1-3,7-12,14H2,(H,28,29). The van der Waals surface area contributed by atoms with Crippen molar-refractivity contribution in [3.05, 3.63) is 35.4 Å². The maximum absolute atomic E-state index is 13.1. The van der Waals surface area contributed by atoms with Crippen LogP contribution in [0.25, 0.3) is 0 Å². The van der Waals surface area contributed by atoms with E-state index in [1.807, 2.05) is 0 Å². The Morgan fingerprint density at radius 1 is 1.23 bits per heavy atom. The first-order valence-electron chi connectivity index (χ1n) is 10.4. The quantitative estimate of drug-likeness (QED) is 0.558. The largest absolute Gasteiger partial charge is 0.481 e. The molecule has 3 rings (SSSR count). The smallest absolute Gasteiger partial charge is 0.416 e. The molecule has 0 saturated carbocycles. The van der Waals surface area contributed by atoms with Crippen molar-refractivity contribution in [1.82, 2.24) is 9.80 Å². The lowest BCUT2D eigenvalue weighted by Crippen LogP contribution is -2.36. The van der Waals surface area contributed by atoms with E-state index >= 15 is 0 Å². The van der Waals surface area contributed by atoms with Crippen molar-refractivity contribution in [2.75, 3.05) is 32.8 Å². The third kappa shape index (κ3) is 6.11. The van der Waals surface area contributed by atoms with Crippen LogP contribution in [-0.2, 0) is 15.7 Å². The number of amides is 2. The average molecular weight is 441 g/mol. The second-order valence-corrected chi connectivity index (χ2v) is 7.63. The van der Waals surface area contributed by atoms with Crippen LogP contribution in [0.15, 0.2) is 29.3 Å². The molecule has 0 aliphatic carbocycles. The summed E-state index contributed by atoms with van der Waals surface area (Å²) in [6.45, 7) is 2.56. The first-order chi connectivity index (χ1) is 14.8. The number of hydrogen-bond acceptors (Lipinski definition) is 4. The van der Waals surface area contributed by atoms with E-state index in [1.165, 1.54) is 17.0 Å². The van der Waals surface area contributed by atoms with Crippen LogP contribution < -0.4 is 0 Å². The average Bonchev–Trinajstić information content (AvgIpc) is 3.35. The second-order valence-electron chi connectivity index (χ2n) is 7.63. The van der Waals surface area contributed by atoms with Crippen molar-refractivity contribution in [1.29, 1.82) is 0 Å². The second kappa shape index (κ2) is 10.0. The summed E-state index contributed by atoms with van der Waals surface area (Å²) in [4.78, 5) is 31.5. The van der Waals surface area contributed by atoms with Crippen molar-refractivity contribution in [3.8, 4) is 0 Å². The van der Waals surface area contributed by atoms with Crippen molar-refractivity contribution in [2.45, 2.75) is 44.3 Å². The molecule has 1 unspecified atom stereocenters. The minimum atomic E-state index is -4.54. The van der Waals surface area contributed by atoms with Gasteiger partial charge in [0.15, 0.2) is 5.90 Å². The van der Waals surface area contributed by atoms with E-state index in [2.05, 4.69) is 4.99 Å². The fourth-order valence-electron chi connectivity index (χ4n) is 3.88. The summed E-state index contributed by atoms with van der Waals surface area (Å²) in [7, 11) is 0. The van der Waals surface area contributed by atoms with Gasteiger partial charge < -0.3 is 19.6 Å². The highest BCUT2D eigenvalue weighted by molar-refractivity contribution is 5.78. The van der Waals surface area contributed by atoms with Gasteiger partial charge in [0.1, 0.15) is 6.61 Å². The Kier molecular flexibility index (Phi) is 7.40. The Hall–Kier alpha value is -2.78. The molecule has 31 heavy (non-hydrogen) atoms. The van der Waals surface area contributed by atoms with Crippen LogP contribution in [0.4, 0.5) is 18.0 Å². The predicted molar refractivity (Wildman–Crippen MR) is 107 cm³/mol. The summed E-state index contributed by atoms with van der Waals surface area (Å²) in [6, 6.07) is 3.25. The first-order valence-corrected chi connectivity index (χ1v) is 10.4. The Morgan fingerprint density at radius 2 is 2.03 bits per heavy atom. The number of alkyl halides is 3. The van der Waals surface area contributed by atoms with E-state index in [0.717, 1.165) is 43.7 Å². The number of halogens is 3. The first kappa shape index (κ1) is 22.9. The van der Waals surface area contributed by atoms with E-state index in [0.29, 0.717) is 26.2 Å². The van der Waals surface area contributed by atoms with Crippen LogP contribution in [0, 0.1) is 0 Å². The van der Waals surface area contributed by atoms with Gasteiger partial charge >= 0.3 is 18.2 Å². The summed E-state index contributed by atoms with van der Waals surface area (Å²) in [5.41, 5.74) is -0.690. The van der Waals surface area contributed by atoms with Gasteiger partial charge in [-0.15, -0.1) is 0 Å². The van der Waals surface area contributed by atoms with Gasteiger partial charge in [0.05, 0.1) is 24.6 Å². The summed E-state index contributed by atoms with van der Waals surface area (Å²) in [5.74, 6) is -0.397. The Labute approximate surface area is 178 Å². The molecule has 0 aromatic heterocycles. The summed E-state index contributed by atoms with van der Waals surface area (Å²) in [5, 5.41) is 9.28. The topological polar surface area (TPSA) is 82.4 Å². The van der Waals surface area contributed by atoms with Crippen LogP contribution in [-0.4, -0.2) is 65.6 Å². The van der Waals surface area contributed by atoms with Crippen LogP contribution in [0.3, 0.4) is 0 Å². The molecule has 0 spiro atoms. The number of rotatable bonds is 10. The van der Waals surface area contributed by atoms with Crippen LogP contribution in [0.2, 0.25) is 0 Å². The highest BCUT2D eigenvalue weighted by Crippen LogP contribution is 2.34. The fraction of sp³-hybridized carbons (Fsp3) is 0.571. The van der Waals surface area contributed by atoms with Gasteiger partial charge in [-0.3, -0.25) is 9.79 Å². The maximum Gasteiger partial charge on any atom is 0.416 e. The van der Waals surface area contributed by atoms with Gasteiger partial charge in [0.2, 0.25) is 0 Å². The molecule has 1 fully saturated rings. The van der Waals surface area contributed by atoms with Crippen LogP contribution in [0.1, 0.15) is 49.3 Å². The Morgan fingerprint density at radius 3 is 2.71 bits per heavy atom. The van der Waals surface area contributed by atoms with E-state index in [-0.39, 0.29) is 18.1 Å². The van der Waals surface area contributed by atoms with Gasteiger partial charge in [-0.1, -0.05) is 18.6 Å². The molecular weight excluding hydrogens is 415 g/mol. The molecule has 2 aliphatic rings. The number of nitrogens with zero attached hydrogens (tertiary/aromatic N) is 3. The molecule has 10 heteroatoms. The number of aliphatic imine (C=N–C) groups is 1. The van der Waals surface area contributed by atoms with E-state index in [1.54, 1.807) is 4.90 Å². The molecule has 0 radical (unpaired) electrons. The lowest BCUT2D eigenvalue weighted by molar-refractivity contribution is -0.138. The normalized spacial score (nSPS) is 17.6. The molecule has 170 valence electrons. The highest BCUT2D eigenvalue weighted by Gasteiger charge is 2.37. The van der Waals surface area contributed by atoms with E-state index in [9.17, 15) is 27.9 Å². The number of aliphatic carboxylic acids is 1. The zero-order valence-corrected chi connectivity index (χ0v) is 17.1. The van der Waals surface area contributed by atoms with Crippen molar-refractivity contribution < 1.29 is 32.6 Å². The summed E-state index contributed by atoms with van der Waals surface area (Å²) in [6.07, 6.45) is -1.66. The number of unbranched alkanes of at least 4 members (excludes halogenated alkanes) is 2. The molecule has 1 atom stereocenters. The monoisotopic (exact) mass is 441 g/mol. The number of hydrogen-bond donors (Lipinski definition) is 1. The number of carbonyl (C=O) groups is 2. The molecule has 1 N–H and O–H groups in total. The minimum absolute atomic E-state index is 0.171. The van der Waals surface area contributed by atoms with Gasteiger partial charge in [0, 0.05) is 26.1 Å². The third-order valence-corrected chi connectivity index (χ3v) is 5.44. The molecule has 2 amide bonds. The van der Waals surface area contributed by atoms with Crippen molar-refractivity contribution in [3.63, 3.8) is 0 Å². The summed E-state index contributed by atoms with van der Waals surface area (Å²) >= 11 is 0. The van der Waals surface area contributed by atoms with E-state index < -0.39 is 30.2 Å². The molecule has 1 saturated heterocycles. The molecule has 1 aromatic rings. The van der Waals surface area contributed by atoms with Crippen LogP contribution in [0.5, 0.6) is 0 Å². The molecule has 2 aliphatic heterocycles. The number of benzene rings is 1. The Balaban J connectivity index is 1.59. The van der Waals surface area contributed by atoms with Gasteiger partial charge in [-0.25, -0.2) is 4.79 Å². The zero-order valence-electron chi connectivity index (χ0n) is 17.1. The lowest BCUT2D eigenvalue weighted by atomic mass is 10.00. The SMILES string of the molecule is O=C(O)CC(c1cccc(C(F)(F)F)c1)N1CCN(CCCCCC2=NCCO2)C1=O. The molecular formula is C21H26F3N3O4. The molecule has 0 bridgehead atoms. The fourth-order valence-corrected chi connectivity index (χ4v) is 3.88. The number of urea groups is 1. The molecule has 1 aromatic carbocycles. The van der Waals surface area contributed by atoms with Gasteiger partial charge in [-0.05, 0) is 30.5 Å². The van der Waals surface area contributed by atoms with Gasteiger partial charge in [-0.2, -0.15) is 13.2 Å². The Bertz CT molecular complexity index is 828. The highest BCUT2D eigenvalue weighted by atomic mass is 19.4.